The molecule has 0 spiro atoms. The number of hydrogen-bond donors (Lipinski definition) is 2. The third kappa shape index (κ3) is 3.88. The quantitative estimate of drug-likeness (QED) is 0.824. The van der Waals surface area contributed by atoms with E-state index in [0.717, 1.165) is 12.2 Å². The van der Waals surface area contributed by atoms with E-state index >= 15 is 0 Å². The van der Waals surface area contributed by atoms with E-state index in [0.29, 0.717) is 11.5 Å². The summed E-state index contributed by atoms with van der Waals surface area (Å²) in [5.74, 6) is 1.30. The summed E-state index contributed by atoms with van der Waals surface area (Å²) in [6, 6.07) is 9.93. The van der Waals surface area contributed by atoms with Crippen LogP contribution in [0.4, 0.5) is 5.69 Å². The molecule has 0 radical (unpaired) electrons. The molecule has 1 heterocycles. The molecule has 0 saturated heterocycles. The number of aryl methyl sites for hydroxylation is 1. The average molecular weight is 293 g/mol. The Bertz CT molecular complexity index is 554. The van der Waals surface area contributed by atoms with Crippen molar-refractivity contribution in [2.45, 2.75) is 13.5 Å². The molecule has 0 atom stereocenters. The number of anilines is 1. The Balaban J connectivity index is 2.03. The number of ether oxygens (including phenoxy) is 2. The fourth-order valence-corrected chi connectivity index (χ4v) is 2.65. The third-order valence-corrected chi connectivity index (χ3v) is 3.78. The van der Waals surface area contributed by atoms with E-state index < -0.39 is 0 Å². The van der Waals surface area contributed by atoms with Gasteiger partial charge in [0.05, 0.1) is 13.7 Å². The van der Waals surface area contributed by atoms with Crippen molar-refractivity contribution in [3.63, 3.8) is 0 Å². The Morgan fingerprint density at radius 1 is 1.20 bits per heavy atom. The van der Waals surface area contributed by atoms with E-state index in [-0.39, 0.29) is 13.2 Å². The molecule has 0 aliphatic heterocycles. The molecule has 108 valence electrons. The summed E-state index contributed by atoms with van der Waals surface area (Å²) in [4.78, 5) is 2.60. The summed E-state index contributed by atoms with van der Waals surface area (Å²) in [6.07, 6.45) is 0. The minimum Gasteiger partial charge on any atom is -0.493 e. The lowest BCUT2D eigenvalue weighted by Crippen LogP contribution is -2.04. The molecule has 20 heavy (non-hydrogen) atoms. The fraction of sp³-hybridized carbons (Fsp3) is 0.333. The van der Waals surface area contributed by atoms with Gasteiger partial charge in [0.1, 0.15) is 6.61 Å². The molecular weight excluding hydrogens is 274 g/mol. The third-order valence-electron chi connectivity index (χ3n) is 2.78. The molecule has 0 aliphatic carbocycles. The number of rotatable bonds is 7. The van der Waals surface area contributed by atoms with E-state index in [9.17, 15) is 0 Å². The number of nitrogens with one attached hydrogen (secondary N) is 1. The molecular formula is C15H19NO3S. The number of aliphatic hydroxyl groups excluding tert-OH is 1. The first-order chi connectivity index (χ1) is 9.72. The summed E-state index contributed by atoms with van der Waals surface area (Å²) in [6.45, 7) is 3.12. The topological polar surface area (TPSA) is 50.7 Å². The minimum atomic E-state index is -0.0186. The first-order valence-corrected chi connectivity index (χ1v) is 7.25. The molecule has 0 fully saturated rings. The van der Waals surface area contributed by atoms with Crippen LogP contribution in [-0.2, 0) is 6.54 Å². The zero-order valence-electron chi connectivity index (χ0n) is 11.7. The number of hydrogen-bond acceptors (Lipinski definition) is 5. The van der Waals surface area contributed by atoms with E-state index in [1.54, 1.807) is 18.4 Å². The second-order valence-corrected chi connectivity index (χ2v) is 5.68. The maximum Gasteiger partial charge on any atom is 0.163 e. The van der Waals surface area contributed by atoms with Crippen molar-refractivity contribution in [2.75, 3.05) is 25.6 Å². The van der Waals surface area contributed by atoms with Crippen molar-refractivity contribution in [2.24, 2.45) is 0 Å². The second-order valence-electron chi connectivity index (χ2n) is 4.30. The van der Waals surface area contributed by atoms with Crippen molar-refractivity contribution in [1.29, 1.82) is 0 Å². The van der Waals surface area contributed by atoms with Crippen LogP contribution < -0.4 is 14.8 Å². The molecule has 1 aromatic heterocycles. The van der Waals surface area contributed by atoms with Crippen LogP contribution in [0, 0.1) is 6.92 Å². The fourth-order valence-electron chi connectivity index (χ4n) is 1.82. The summed E-state index contributed by atoms with van der Waals surface area (Å²) < 4.78 is 10.7. The maximum absolute atomic E-state index is 8.83. The van der Waals surface area contributed by atoms with Gasteiger partial charge in [0.15, 0.2) is 11.5 Å². The number of methoxy groups -OCH3 is 1. The number of benzene rings is 1. The van der Waals surface area contributed by atoms with Crippen molar-refractivity contribution < 1.29 is 14.6 Å². The highest BCUT2D eigenvalue weighted by molar-refractivity contribution is 7.11. The van der Waals surface area contributed by atoms with Gasteiger partial charge in [0.25, 0.3) is 0 Å². The van der Waals surface area contributed by atoms with Crippen LogP contribution in [0.15, 0.2) is 30.3 Å². The molecule has 4 nitrogen and oxygen atoms in total. The molecule has 2 N–H and O–H groups in total. The van der Waals surface area contributed by atoms with Crippen LogP contribution >= 0.6 is 11.3 Å². The van der Waals surface area contributed by atoms with Crippen molar-refractivity contribution in [1.82, 2.24) is 0 Å². The van der Waals surface area contributed by atoms with Crippen LogP contribution in [0.3, 0.4) is 0 Å². The Labute approximate surface area is 123 Å². The smallest absolute Gasteiger partial charge is 0.163 e. The van der Waals surface area contributed by atoms with E-state index in [1.165, 1.54) is 9.75 Å². The lowest BCUT2D eigenvalue weighted by atomic mass is 10.2. The molecule has 0 unspecified atom stereocenters. The van der Waals surface area contributed by atoms with Crippen molar-refractivity contribution in [3.8, 4) is 11.5 Å². The van der Waals surface area contributed by atoms with Gasteiger partial charge >= 0.3 is 0 Å². The standard InChI is InChI=1S/C15H19NO3S/c1-11-3-5-13(20-11)10-16-12-4-6-14(18-2)15(9-12)19-8-7-17/h3-6,9,16-17H,7-8,10H2,1-2H3. The first kappa shape index (κ1) is 14.7. The molecule has 0 amide bonds. The minimum absolute atomic E-state index is 0.0186. The summed E-state index contributed by atoms with van der Waals surface area (Å²) in [5, 5.41) is 12.2. The summed E-state index contributed by atoms with van der Waals surface area (Å²) in [5.41, 5.74) is 0.963. The number of aliphatic hydroxyl groups is 1. The van der Waals surface area contributed by atoms with Crippen molar-refractivity contribution in [3.05, 3.63) is 40.1 Å². The van der Waals surface area contributed by atoms with E-state index in [2.05, 4.69) is 24.4 Å². The van der Waals surface area contributed by atoms with Gasteiger partial charge in [0.2, 0.25) is 0 Å². The summed E-state index contributed by atoms with van der Waals surface area (Å²) in [7, 11) is 1.60. The van der Waals surface area contributed by atoms with E-state index in [1.807, 2.05) is 18.2 Å². The molecule has 0 saturated carbocycles. The van der Waals surface area contributed by atoms with Gasteiger partial charge in [-0.25, -0.2) is 0 Å². The number of thiophene rings is 1. The SMILES string of the molecule is COc1ccc(NCc2ccc(C)s2)cc1OCCO. The molecule has 0 aliphatic rings. The zero-order valence-corrected chi connectivity index (χ0v) is 12.5. The van der Waals surface area contributed by atoms with Crippen LogP contribution in [0.2, 0.25) is 0 Å². The molecule has 0 bridgehead atoms. The van der Waals surface area contributed by atoms with Crippen molar-refractivity contribution >= 4 is 17.0 Å². The maximum atomic E-state index is 8.83. The Kier molecular flexibility index (Phi) is 5.26. The average Bonchev–Trinajstić information content (AvgIpc) is 2.88. The van der Waals surface area contributed by atoms with Gasteiger partial charge < -0.3 is 19.9 Å². The second kappa shape index (κ2) is 7.17. The first-order valence-electron chi connectivity index (χ1n) is 6.44. The molecule has 5 heteroatoms. The van der Waals surface area contributed by atoms with Gasteiger partial charge in [-0.3, -0.25) is 0 Å². The van der Waals surface area contributed by atoms with Gasteiger partial charge in [0, 0.05) is 28.1 Å². The predicted molar refractivity (Wildman–Crippen MR) is 82.0 cm³/mol. The zero-order chi connectivity index (χ0) is 14.4. The van der Waals surface area contributed by atoms with Crippen LogP contribution in [-0.4, -0.2) is 25.4 Å². The summed E-state index contributed by atoms with van der Waals surface area (Å²) >= 11 is 1.78. The highest BCUT2D eigenvalue weighted by Gasteiger charge is 2.06. The van der Waals surface area contributed by atoms with Gasteiger partial charge in [-0.2, -0.15) is 0 Å². The van der Waals surface area contributed by atoms with Gasteiger partial charge in [-0.1, -0.05) is 0 Å². The highest BCUT2D eigenvalue weighted by atomic mass is 32.1. The van der Waals surface area contributed by atoms with Gasteiger partial charge in [-0.15, -0.1) is 11.3 Å². The van der Waals surface area contributed by atoms with Crippen LogP contribution in [0.25, 0.3) is 0 Å². The largest absolute Gasteiger partial charge is 0.493 e. The molecule has 2 aromatic rings. The van der Waals surface area contributed by atoms with Crippen LogP contribution in [0.5, 0.6) is 11.5 Å². The molecule has 2 rings (SSSR count). The highest BCUT2D eigenvalue weighted by Crippen LogP contribution is 2.30. The predicted octanol–water partition coefficient (Wildman–Crippen LogP) is 3.05. The monoisotopic (exact) mass is 293 g/mol. The Hall–Kier alpha value is -1.72. The normalized spacial score (nSPS) is 10.3. The van der Waals surface area contributed by atoms with E-state index in [4.69, 9.17) is 14.6 Å². The Morgan fingerprint density at radius 3 is 2.70 bits per heavy atom. The lowest BCUT2D eigenvalue weighted by Gasteiger charge is -2.12. The molecule has 1 aromatic carbocycles. The van der Waals surface area contributed by atoms with Gasteiger partial charge in [-0.05, 0) is 31.2 Å². The lowest BCUT2D eigenvalue weighted by molar-refractivity contribution is 0.196. The van der Waals surface area contributed by atoms with Crippen LogP contribution in [0.1, 0.15) is 9.75 Å². The Morgan fingerprint density at radius 2 is 2.05 bits per heavy atom.